The van der Waals surface area contributed by atoms with E-state index in [0.29, 0.717) is 112 Å². The van der Waals surface area contributed by atoms with Gasteiger partial charge >= 0.3 is 0 Å². The highest BCUT2D eigenvalue weighted by atomic mass is 35.5. The van der Waals surface area contributed by atoms with Crippen LogP contribution in [0.5, 0.6) is 0 Å². The number of aromatic nitrogens is 15. The molecule has 0 aliphatic carbocycles. The molecule has 11 heterocycles. The smallest absolute Gasteiger partial charge is 0.162 e. The third kappa shape index (κ3) is 12.1. The predicted octanol–water partition coefficient (Wildman–Crippen LogP) is 22.8. The molecule has 482 valence electrons. The lowest BCUT2D eigenvalue weighted by atomic mass is 10.0. The van der Waals surface area contributed by atoms with Gasteiger partial charge in [0.1, 0.15) is 51.5 Å². The zero-order valence-electron chi connectivity index (χ0n) is 50.8. The van der Waals surface area contributed by atoms with Gasteiger partial charge in [-0.2, -0.15) is 0 Å². The van der Waals surface area contributed by atoms with E-state index in [-0.39, 0.29) is 108 Å². The molecule has 0 saturated heterocycles. The first-order valence-corrected chi connectivity index (χ1v) is 34.1. The minimum absolute atomic E-state index is 0.00765. The molecule has 0 amide bonds. The highest BCUT2D eigenvalue weighted by Gasteiger charge is 2.30. The SMILES string of the molecule is Clc1nc(-c2ccccc2)nc(Cl)c1-c1c2nc(c(-c3c(Cl)nc(-c4ccccc4)nc3Cl)c3ccc([nH]3)c(-c3c(Cl)nc(-c4ccccc4)nc3Cl)c3nc(c(-c4c(Cl)nc(-c5ccccc5)nc4Cl)c4ccc([nH]4)c(-c4c(Cl)nc(-c5ccccc5)nc4Cl)c4nc1C=C4)C=C3)C=C2. The van der Waals surface area contributed by atoms with Crippen molar-refractivity contribution in [2.24, 2.45) is 0 Å². The highest BCUT2D eigenvalue weighted by Crippen LogP contribution is 2.48. The fourth-order valence-electron chi connectivity index (χ4n) is 11.9. The lowest BCUT2D eigenvalue weighted by molar-refractivity contribution is 1.17. The number of hydrogen-bond donors (Lipinski definition) is 2. The number of halogens is 10. The first-order valence-electron chi connectivity index (χ1n) is 30.3. The Morgan fingerprint density at radius 2 is 0.330 bits per heavy atom. The maximum absolute atomic E-state index is 7.45. The molecule has 0 unspecified atom stereocenters. The number of nitrogens with one attached hydrogen (secondary N) is 2. The molecule has 10 bridgehead atoms. The second-order valence-electron chi connectivity index (χ2n) is 22.4. The van der Waals surface area contributed by atoms with Crippen LogP contribution in [0.2, 0.25) is 51.5 Å². The molecular formula is C75H37Cl10N15. The van der Waals surface area contributed by atoms with Crippen molar-refractivity contribution < 1.29 is 0 Å². The zero-order chi connectivity index (χ0) is 68.4. The fourth-order valence-corrected chi connectivity index (χ4v) is 14.8. The lowest BCUT2D eigenvalue weighted by Gasteiger charge is -2.12. The predicted molar refractivity (Wildman–Crippen MR) is 406 cm³/mol. The number of rotatable bonds is 10. The Balaban J connectivity index is 1.08. The van der Waals surface area contributed by atoms with Crippen molar-refractivity contribution in [1.29, 1.82) is 0 Å². The van der Waals surface area contributed by atoms with Crippen LogP contribution in [0.25, 0.3) is 171 Å². The summed E-state index contributed by atoms with van der Waals surface area (Å²) < 4.78 is 0. The van der Waals surface area contributed by atoms with Crippen molar-refractivity contribution in [3.8, 4) is 113 Å². The van der Waals surface area contributed by atoms with E-state index < -0.39 is 0 Å². The van der Waals surface area contributed by atoms with Gasteiger partial charge in [-0.1, -0.05) is 268 Å². The molecule has 2 N–H and O–H groups in total. The van der Waals surface area contributed by atoms with Gasteiger partial charge < -0.3 is 9.97 Å². The Hall–Kier alpha value is -9.85. The summed E-state index contributed by atoms with van der Waals surface area (Å²) in [6, 6.07) is 53.8. The second-order valence-corrected chi connectivity index (χ2v) is 26.0. The maximum atomic E-state index is 7.45. The number of aromatic amines is 2. The van der Waals surface area contributed by atoms with Crippen molar-refractivity contribution in [2.75, 3.05) is 0 Å². The Bertz CT molecular complexity index is 5490. The molecule has 13 aromatic rings. The molecule has 0 radical (unpaired) electrons. The summed E-state index contributed by atoms with van der Waals surface area (Å²) in [6.45, 7) is 0. The van der Waals surface area contributed by atoms with Gasteiger partial charge in [-0.25, -0.2) is 64.8 Å². The molecule has 3 aliphatic heterocycles. The van der Waals surface area contributed by atoms with Gasteiger partial charge in [0.25, 0.3) is 0 Å². The van der Waals surface area contributed by atoms with Crippen molar-refractivity contribution in [3.05, 3.63) is 262 Å². The van der Waals surface area contributed by atoms with Gasteiger partial charge in [-0.15, -0.1) is 0 Å². The van der Waals surface area contributed by atoms with E-state index in [1.165, 1.54) is 0 Å². The summed E-state index contributed by atoms with van der Waals surface area (Å²) in [7, 11) is 0. The van der Waals surface area contributed by atoms with E-state index >= 15 is 0 Å². The van der Waals surface area contributed by atoms with Gasteiger partial charge in [0, 0.05) is 77.7 Å². The van der Waals surface area contributed by atoms with E-state index in [9.17, 15) is 0 Å². The van der Waals surface area contributed by atoms with Crippen LogP contribution in [-0.4, -0.2) is 74.8 Å². The highest BCUT2D eigenvalue weighted by molar-refractivity contribution is 6.42. The van der Waals surface area contributed by atoms with E-state index in [2.05, 4.69) is 9.97 Å². The molecule has 5 aromatic carbocycles. The minimum atomic E-state index is -0.0215. The first-order chi connectivity index (χ1) is 48.7. The van der Waals surface area contributed by atoms with Gasteiger partial charge in [0.05, 0.1) is 62.0 Å². The Morgan fingerprint density at radius 3 is 0.510 bits per heavy atom. The van der Waals surface area contributed by atoms with E-state index in [1.807, 2.05) is 176 Å². The third-order valence-electron chi connectivity index (χ3n) is 16.4. The largest absolute Gasteiger partial charge is 0.354 e. The standard InChI is InChI=1S/C75H37Cl10N15/c76-61-56(62(77)92-71(91-61)36-16-6-1-7-17-36)51-41-26-28-43(86-41)52(57-63(78)93-72(94-64(57)79)37-18-8-2-9-19-37)45-30-32-47(88-45)54(59-67(82)97-74(98-68(59)83)39-22-12-4-13-23-39)49-34-35-50(90-49)55(60-69(84)99-75(100-70(60)85)40-24-14-5-15-25-40)48-33-31-46(89-48)53(44-29-27-42(51)87-44)58-65(80)95-73(96-66(58)81)38-20-10-3-11-21-38/h1-35,86,89H. The molecule has 25 heteroatoms. The van der Waals surface area contributed by atoms with Gasteiger partial charge in [-0.05, 0) is 60.7 Å². The number of benzene rings is 5. The average molecular weight is 1500 g/mol. The van der Waals surface area contributed by atoms with Gasteiger partial charge in [-0.3, -0.25) is 0 Å². The molecule has 3 aliphatic rings. The molecule has 15 nitrogen and oxygen atoms in total. The fraction of sp³-hybridized carbons (Fsp3) is 0. The molecule has 0 atom stereocenters. The summed E-state index contributed by atoms with van der Waals surface area (Å²) in [5.74, 6) is 1.36. The molecule has 0 fully saturated rings. The summed E-state index contributed by atoms with van der Waals surface area (Å²) >= 11 is 74.5. The van der Waals surface area contributed by atoms with Crippen molar-refractivity contribution in [3.63, 3.8) is 0 Å². The van der Waals surface area contributed by atoms with Crippen molar-refractivity contribution >= 4 is 175 Å². The van der Waals surface area contributed by atoms with Crippen LogP contribution in [-0.2, 0) is 0 Å². The van der Waals surface area contributed by atoms with Gasteiger partial charge in [0.15, 0.2) is 29.1 Å². The molecule has 16 rings (SSSR count). The number of nitrogens with zero attached hydrogens (tertiary/aromatic N) is 13. The van der Waals surface area contributed by atoms with Crippen LogP contribution in [0.1, 0.15) is 34.2 Å². The monoisotopic (exact) mass is 1500 g/mol. The Kier molecular flexibility index (Phi) is 17.5. The minimum Gasteiger partial charge on any atom is -0.354 e. The Labute approximate surface area is 618 Å². The number of fused-ring (bicyclic) bond motifs is 10. The molecule has 0 spiro atoms. The summed E-state index contributed by atoms with van der Waals surface area (Å²) in [5, 5.41) is -0.117. The van der Waals surface area contributed by atoms with E-state index in [4.69, 9.17) is 181 Å². The maximum Gasteiger partial charge on any atom is 0.162 e. The van der Waals surface area contributed by atoms with Crippen LogP contribution < -0.4 is 0 Å². The van der Waals surface area contributed by atoms with Crippen LogP contribution in [0.3, 0.4) is 0 Å². The molecule has 100 heavy (non-hydrogen) atoms. The lowest BCUT2D eigenvalue weighted by Crippen LogP contribution is -1.99. The quantitative estimate of drug-likeness (QED) is 0.123. The average Bonchev–Trinajstić information content (AvgIpc) is 1.57. The number of H-pyrrole nitrogens is 2. The van der Waals surface area contributed by atoms with Crippen LogP contribution in [0, 0.1) is 0 Å². The van der Waals surface area contributed by atoms with Crippen LogP contribution in [0.4, 0.5) is 0 Å². The third-order valence-corrected chi connectivity index (χ3v) is 19.2. The normalized spacial score (nSPS) is 12.0. The van der Waals surface area contributed by atoms with Crippen molar-refractivity contribution in [1.82, 2.24) is 74.8 Å². The second kappa shape index (κ2) is 27.0. The summed E-state index contributed by atoms with van der Waals surface area (Å²) in [4.78, 5) is 72.0. The summed E-state index contributed by atoms with van der Waals surface area (Å²) in [6.07, 6.45) is 10.7. The first kappa shape index (κ1) is 64.8. The Morgan fingerprint density at radius 1 is 0.170 bits per heavy atom. The molecule has 0 saturated carbocycles. The number of hydrogen-bond acceptors (Lipinski definition) is 13. The zero-order valence-corrected chi connectivity index (χ0v) is 58.4. The van der Waals surface area contributed by atoms with Crippen molar-refractivity contribution in [2.45, 2.75) is 0 Å². The topological polar surface area (TPSA) is 199 Å². The van der Waals surface area contributed by atoms with Gasteiger partial charge in [0.2, 0.25) is 0 Å². The molecular weight excluding hydrogens is 1470 g/mol. The summed E-state index contributed by atoms with van der Waals surface area (Å²) in [5.41, 5.74) is 9.52. The van der Waals surface area contributed by atoms with Crippen LogP contribution in [0.15, 0.2) is 176 Å². The molecule has 8 aromatic heterocycles. The van der Waals surface area contributed by atoms with E-state index in [0.717, 1.165) is 0 Å². The van der Waals surface area contributed by atoms with Crippen LogP contribution >= 0.6 is 116 Å². The van der Waals surface area contributed by atoms with E-state index in [1.54, 1.807) is 36.5 Å².